The molecule has 16 heavy (non-hydrogen) atoms. The topological polar surface area (TPSA) is 67.9 Å². The number of esters is 1. The number of nitrogens with one attached hydrogen (secondary N) is 1. The number of carbonyl (C=O) groups is 2. The van der Waals surface area contributed by atoms with Crippen molar-refractivity contribution in [1.29, 1.82) is 0 Å². The molecule has 0 heterocycles. The van der Waals surface area contributed by atoms with E-state index >= 15 is 0 Å². The molecule has 0 spiro atoms. The lowest BCUT2D eigenvalue weighted by Crippen LogP contribution is -2.34. The molecule has 92 valence electrons. The maximum atomic E-state index is 11.3. The van der Waals surface area contributed by atoms with Crippen LogP contribution in [0, 0.1) is 0 Å². The van der Waals surface area contributed by atoms with E-state index in [9.17, 15) is 9.59 Å². The minimum Gasteiger partial charge on any atom is -0.463 e. The van der Waals surface area contributed by atoms with Gasteiger partial charge in [-0.25, -0.2) is 9.86 Å². The van der Waals surface area contributed by atoms with Gasteiger partial charge in [0.2, 0.25) is 0 Å². The molecule has 1 amide bonds. The maximum Gasteiger partial charge on any atom is 0.332 e. The average molecular weight is 230 g/mol. The van der Waals surface area contributed by atoms with E-state index in [-0.39, 0.29) is 12.5 Å². The van der Waals surface area contributed by atoms with E-state index in [0.717, 1.165) is 5.06 Å². The van der Waals surface area contributed by atoms with Crippen molar-refractivity contribution in [2.24, 2.45) is 0 Å². The van der Waals surface area contributed by atoms with Gasteiger partial charge in [0, 0.05) is 18.8 Å². The third-order valence-electron chi connectivity index (χ3n) is 1.76. The van der Waals surface area contributed by atoms with Crippen molar-refractivity contribution >= 4 is 11.9 Å². The molecule has 0 aromatic heterocycles. The molecule has 0 aromatic carbocycles. The van der Waals surface area contributed by atoms with Crippen LogP contribution >= 0.6 is 0 Å². The first-order valence-electron chi connectivity index (χ1n) is 4.90. The van der Waals surface area contributed by atoms with Crippen LogP contribution in [0.25, 0.3) is 0 Å². The Bertz CT molecular complexity index is 276. The Kier molecular flexibility index (Phi) is 6.95. The van der Waals surface area contributed by atoms with Gasteiger partial charge in [0.25, 0.3) is 5.91 Å². The Morgan fingerprint density at radius 3 is 2.56 bits per heavy atom. The standard InChI is InChI=1S/C10H18N2O4/c1-5-16-10(14)6-8(2)11-7-9(13)12(3)15-4/h6,11H,5,7H2,1-4H3/b8-6+. The summed E-state index contributed by atoms with van der Waals surface area (Å²) in [6.07, 6.45) is 1.30. The predicted molar refractivity (Wildman–Crippen MR) is 58.2 cm³/mol. The lowest BCUT2D eigenvalue weighted by molar-refractivity contribution is -0.167. The highest BCUT2D eigenvalue weighted by atomic mass is 16.7. The second-order valence-corrected chi connectivity index (χ2v) is 3.01. The van der Waals surface area contributed by atoms with E-state index in [1.807, 2.05) is 0 Å². The fourth-order valence-electron chi connectivity index (χ4n) is 0.840. The van der Waals surface area contributed by atoms with Crippen LogP contribution in [0.1, 0.15) is 13.8 Å². The third kappa shape index (κ3) is 6.02. The Hall–Kier alpha value is -1.56. The maximum absolute atomic E-state index is 11.3. The first kappa shape index (κ1) is 14.4. The number of carbonyl (C=O) groups excluding carboxylic acids is 2. The molecule has 0 fully saturated rings. The van der Waals surface area contributed by atoms with Crippen molar-refractivity contribution in [3.05, 3.63) is 11.8 Å². The van der Waals surface area contributed by atoms with Gasteiger partial charge in [-0.05, 0) is 13.8 Å². The van der Waals surface area contributed by atoms with Gasteiger partial charge < -0.3 is 10.1 Å². The van der Waals surface area contributed by atoms with Gasteiger partial charge in [0.1, 0.15) is 0 Å². The normalized spacial score (nSPS) is 10.9. The van der Waals surface area contributed by atoms with Crippen LogP contribution in [-0.2, 0) is 19.2 Å². The number of hydroxylamine groups is 2. The van der Waals surface area contributed by atoms with Crippen molar-refractivity contribution in [3.8, 4) is 0 Å². The summed E-state index contributed by atoms with van der Waals surface area (Å²) in [6.45, 7) is 3.79. The molecule has 0 aromatic rings. The third-order valence-corrected chi connectivity index (χ3v) is 1.76. The van der Waals surface area contributed by atoms with E-state index in [4.69, 9.17) is 9.57 Å². The molecule has 0 saturated heterocycles. The lowest BCUT2D eigenvalue weighted by atomic mass is 10.4. The van der Waals surface area contributed by atoms with E-state index in [1.165, 1.54) is 20.2 Å². The van der Waals surface area contributed by atoms with Crippen molar-refractivity contribution in [3.63, 3.8) is 0 Å². The molecular weight excluding hydrogens is 212 g/mol. The van der Waals surface area contributed by atoms with Gasteiger partial charge in [-0.1, -0.05) is 0 Å². The highest BCUT2D eigenvalue weighted by Gasteiger charge is 2.07. The number of allylic oxidation sites excluding steroid dienone is 1. The molecule has 6 heteroatoms. The molecule has 0 atom stereocenters. The monoisotopic (exact) mass is 230 g/mol. The number of nitrogens with zero attached hydrogens (tertiary/aromatic N) is 1. The van der Waals surface area contributed by atoms with Crippen LogP contribution in [0.2, 0.25) is 0 Å². The smallest absolute Gasteiger partial charge is 0.332 e. The van der Waals surface area contributed by atoms with Gasteiger partial charge in [-0.15, -0.1) is 0 Å². The Balaban J connectivity index is 4.01. The molecule has 0 saturated carbocycles. The van der Waals surface area contributed by atoms with Gasteiger partial charge >= 0.3 is 5.97 Å². The summed E-state index contributed by atoms with van der Waals surface area (Å²) in [7, 11) is 2.91. The summed E-state index contributed by atoms with van der Waals surface area (Å²) in [5.41, 5.74) is 0.566. The Morgan fingerprint density at radius 1 is 1.44 bits per heavy atom. The van der Waals surface area contributed by atoms with Gasteiger partial charge in [0.15, 0.2) is 0 Å². The summed E-state index contributed by atoms with van der Waals surface area (Å²) >= 11 is 0. The van der Waals surface area contributed by atoms with Gasteiger partial charge in [0.05, 0.1) is 20.3 Å². The summed E-state index contributed by atoms with van der Waals surface area (Å²) < 4.78 is 4.71. The zero-order valence-electron chi connectivity index (χ0n) is 10.1. The minimum atomic E-state index is -0.431. The largest absolute Gasteiger partial charge is 0.463 e. The second-order valence-electron chi connectivity index (χ2n) is 3.01. The molecular formula is C10H18N2O4. The summed E-state index contributed by atoms with van der Waals surface area (Å²) in [5.74, 6) is -0.667. The molecule has 0 bridgehead atoms. The van der Waals surface area contributed by atoms with Crippen LogP contribution in [-0.4, -0.2) is 44.2 Å². The van der Waals surface area contributed by atoms with E-state index in [0.29, 0.717) is 12.3 Å². The van der Waals surface area contributed by atoms with Gasteiger partial charge in [-0.2, -0.15) is 0 Å². The SMILES string of the molecule is CCOC(=O)/C=C(\C)NCC(=O)N(C)OC. The van der Waals surface area contributed by atoms with Crippen molar-refractivity contribution in [2.45, 2.75) is 13.8 Å². The Morgan fingerprint density at radius 2 is 2.06 bits per heavy atom. The number of amides is 1. The minimum absolute atomic E-state index is 0.0616. The number of hydrogen-bond acceptors (Lipinski definition) is 5. The van der Waals surface area contributed by atoms with Crippen molar-refractivity contribution in [1.82, 2.24) is 10.4 Å². The highest BCUT2D eigenvalue weighted by molar-refractivity contribution is 5.83. The highest BCUT2D eigenvalue weighted by Crippen LogP contribution is 1.90. The fraction of sp³-hybridized carbons (Fsp3) is 0.600. The number of hydrogen-bond donors (Lipinski definition) is 1. The molecule has 0 aliphatic heterocycles. The van der Waals surface area contributed by atoms with Gasteiger partial charge in [-0.3, -0.25) is 9.63 Å². The molecule has 0 unspecified atom stereocenters. The van der Waals surface area contributed by atoms with Crippen molar-refractivity contribution < 1.29 is 19.2 Å². The molecule has 0 rings (SSSR count). The van der Waals surface area contributed by atoms with E-state index < -0.39 is 5.97 Å². The first-order chi connectivity index (χ1) is 7.51. The fourth-order valence-corrected chi connectivity index (χ4v) is 0.840. The van der Waals surface area contributed by atoms with Crippen LogP contribution in [0.4, 0.5) is 0 Å². The van der Waals surface area contributed by atoms with Crippen LogP contribution in [0.3, 0.4) is 0 Å². The summed E-state index contributed by atoms with van der Waals surface area (Å²) in [4.78, 5) is 27.0. The predicted octanol–water partition coefficient (Wildman–Crippen LogP) is 0.0627. The summed E-state index contributed by atoms with van der Waals surface area (Å²) in [6, 6.07) is 0. The molecule has 0 radical (unpaired) electrons. The molecule has 0 aliphatic carbocycles. The first-order valence-corrected chi connectivity index (χ1v) is 4.90. The number of rotatable bonds is 6. The number of ether oxygens (including phenoxy) is 1. The van der Waals surface area contributed by atoms with Crippen LogP contribution < -0.4 is 5.32 Å². The summed E-state index contributed by atoms with van der Waals surface area (Å²) in [5, 5.41) is 3.88. The molecule has 1 N–H and O–H groups in total. The van der Waals surface area contributed by atoms with Crippen LogP contribution in [0.15, 0.2) is 11.8 Å². The zero-order chi connectivity index (χ0) is 12.6. The van der Waals surface area contributed by atoms with E-state index in [1.54, 1.807) is 13.8 Å². The second kappa shape index (κ2) is 7.70. The zero-order valence-corrected chi connectivity index (χ0v) is 10.1. The number of likely N-dealkylation sites (N-methyl/N-ethyl adjacent to an activating group) is 1. The lowest BCUT2D eigenvalue weighted by Gasteiger charge is -2.14. The molecule has 6 nitrogen and oxygen atoms in total. The Labute approximate surface area is 95.1 Å². The average Bonchev–Trinajstić information content (AvgIpc) is 2.24. The van der Waals surface area contributed by atoms with E-state index in [2.05, 4.69) is 5.32 Å². The molecule has 0 aliphatic rings. The quantitative estimate of drug-likeness (QED) is 0.397. The van der Waals surface area contributed by atoms with Crippen LogP contribution in [0.5, 0.6) is 0 Å². The van der Waals surface area contributed by atoms with Crippen molar-refractivity contribution in [2.75, 3.05) is 27.3 Å².